The number of hydrogen-bond acceptors (Lipinski definition) is 3. The molecule has 8 heteroatoms. The van der Waals surface area contributed by atoms with Crippen LogP contribution in [0.25, 0.3) is 10.6 Å². The summed E-state index contributed by atoms with van der Waals surface area (Å²) in [5, 5.41) is 1.71. The Morgan fingerprint density at radius 1 is 1.18 bits per heavy atom. The van der Waals surface area contributed by atoms with Crippen LogP contribution in [0.2, 0.25) is 10.2 Å². The minimum absolute atomic E-state index is 0.0670. The van der Waals surface area contributed by atoms with Crippen molar-refractivity contribution in [1.29, 1.82) is 0 Å². The van der Waals surface area contributed by atoms with Gasteiger partial charge in [-0.15, -0.1) is 11.3 Å². The fourth-order valence-electron chi connectivity index (χ4n) is 1.14. The summed E-state index contributed by atoms with van der Waals surface area (Å²) in [7, 11) is 0. The molecule has 90 valence electrons. The molecule has 2 aromatic rings. The highest BCUT2D eigenvalue weighted by Crippen LogP contribution is 2.35. The predicted octanol–water partition coefficient (Wildman–Crippen LogP) is 4.53. The second-order valence-electron chi connectivity index (χ2n) is 2.99. The quantitative estimate of drug-likeness (QED) is 0.723. The monoisotopic (exact) mass is 298 g/mol. The predicted molar refractivity (Wildman–Crippen MR) is 60.4 cm³/mol. The van der Waals surface area contributed by atoms with Crippen molar-refractivity contribution in [3.05, 3.63) is 33.5 Å². The molecule has 17 heavy (non-hydrogen) atoms. The molecule has 0 saturated heterocycles. The molecule has 2 aromatic heterocycles. The standard InChI is InChI=1S/C9H3Cl2F3N2S/c10-4-1-2-17-7(4)5-3-6(11)16-8(15-5)9(12,13)14/h1-3H. The van der Waals surface area contributed by atoms with Gasteiger partial charge < -0.3 is 0 Å². The van der Waals surface area contributed by atoms with Gasteiger partial charge in [0.15, 0.2) is 0 Å². The molecule has 0 radical (unpaired) electrons. The zero-order chi connectivity index (χ0) is 12.6. The van der Waals surface area contributed by atoms with Gasteiger partial charge in [0.1, 0.15) is 5.15 Å². The van der Waals surface area contributed by atoms with Crippen molar-refractivity contribution in [2.45, 2.75) is 6.18 Å². The van der Waals surface area contributed by atoms with Crippen molar-refractivity contribution < 1.29 is 13.2 Å². The van der Waals surface area contributed by atoms with Gasteiger partial charge in [-0.1, -0.05) is 23.2 Å². The maximum absolute atomic E-state index is 12.5. The Balaban J connectivity index is 2.57. The fraction of sp³-hybridized carbons (Fsp3) is 0.111. The maximum atomic E-state index is 12.5. The van der Waals surface area contributed by atoms with Crippen molar-refractivity contribution in [2.24, 2.45) is 0 Å². The topological polar surface area (TPSA) is 25.8 Å². The van der Waals surface area contributed by atoms with Crippen LogP contribution < -0.4 is 0 Å². The number of aromatic nitrogens is 2. The summed E-state index contributed by atoms with van der Waals surface area (Å²) in [5.41, 5.74) is 0.0670. The van der Waals surface area contributed by atoms with E-state index >= 15 is 0 Å². The van der Waals surface area contributed by atoms with Crippen LogP contribution in [0.1, 0.15) is 5.82 Å². The third kappa shape index (κ3) is 2.70. The molecule has 0 aliphatic heterocycles. The summed E-state index contributed by atoms with van der Waals surface area (Å²) < 4.78 is 37.4. The molecule has 0 spiro atoms. The van der Waals surface area contributed by atoms with Crippen LogP contribution in [-0.2, 0) is 6.18 Å². The van der Waals surface area contributed by atoms with E-state index in [1.54, 1.807) is 11.4 Å². The molecule has 0 aliphatic carbocycles. The molecular formula is C9H3Cl2F3N2S. The smallest absolute Gasteiger partial charge is 0.223 e. The normalized spacial score (nSPS) is 11.8. The molecule has 2 heterocycles. The Kier molecular flexibility index (Phi) is 3.29. The van der Waals surface area contributed by atoms with Gasteiger partial charge in [-0.25, -0.2) is 9.97 Å². The zero-order valence-corrected chi connectivity index (χ0v) is 10.3. The van der Waals surface area contributed by atoms with Gasteiger partial charge in [-0.05, 0) is 11.4 Å². The average molecular weight is 299 g/mol. The van der Waals surface area contributed by atoms with Crippen LogP contribution in [0, 0.1) is 0 Å². The lowest BCUT2D eigenvalue weighted by Crippen LogP contribution is -2.11. The van der Waals surface area contributed by atoms with E-state index in [1.807, 2.05) is 0 Å². The Labute approximate surface area is 108 Å². The molecular weight excluding hydrogens is 296 g/mol. The number of thiophene rings is 1. The van der Waals surface area contributed by atoms with Crippen LogP contribution in [0.15, 0.2) is 17.5 Å². The van der Waals surface area contributed by atoms with E-state index in [-0.39, 0.29) is 10.8 Å². The third-order valence-electron chi connectivity index (χ3n) is 1.80. The first-order chi connectivity index (χ1) is 7.88. The first-order valence-corrected chi connectivity index (χ1v) is 5.86. The SMILES string of the molecule is FC(F)(F)c1nc(Cl)cc(-c2sccc2Cl)n1. The van der Waals surface area contributed by atoms with E-state index < -0.39 is 12.0 Å². The fourth-order valence-corrected chi connectivity index (χ4v) is 2.43. The first-order valence-electron chi connectivity index (χ1n) is 4.23. The van der Waals surface area contributed by atoms with Gasteiger partial charge in [-0.3, -0.25) is 0 Å². The summed E-state index contributed by atoms with van der Waals surface area (Å²) in [6, 6.07) is 2.82. The number of rotatable bonds is 1. The van der Waals surface area contributed by atoms with Gasteiger partial charge in [-0.2, -0.15) is 13.2 Å². The lowest BCUT2D eigenvalue weighted by Gasteiger charge is -2.07. The van der Waals surface area contributed by atoms with E-state index in [1.165, 1.54) is 17.4 Å². The minimum atomic E-state index is -4.64. The molecule has 0 fully saturated rings. The molecule has 0 saturated carbocycles. The summed E-state index contributed by atoms with van der Waals surface area (Å²) in [5.74, 6) is -1.27. The van der Waals surface area contributed by atoms with E-state index in [2.05, 4.69) is 9.97 Å². The van der Waals surface area contributed by atoms with Gasteiger partial charge >= 0.3 is 6.18 Å². The molecule has 0 atom stereocenters. The van der Waals surface area contributed by atoms with Crippen molar-refractivity contribution >= 4 is 34.5 Å². The zero-order valence-electron chi connectivity index (χ0n) is 7.92. The average Bonchev–Trinajstić information content (AvgIpc) is 2.62. The molecule has 2 nitrogen and oxygen atoms in total. The highest BCUT2D eigenvalue weighted by Gasteiger charge is 2.35. The summed E-state index contributed by atoms with van der Waals surface area (Å²) >= 11 is 12.5. The summed E-state index contributed by atoms with van der Waals surface area (Å²) in [4.78, 5) is 6.98. The molecule has 0 bridgehead atoms. The molecule has 0 aromatic carbocycles. The van der Waals surface area contributed by atoms with Crippen LogP contribution in [0.4, 0.5) is 13.2 Å². The molecule has 0 aliphatic rings. The lowest BCUT2D eigenvalue weighted by atomic mass is 10.3. The molecule has 0 unspecified atom stereocenters. The van der Waals surface area contributed by atoms with Crippen molar-refractivity contribution in [2.75, 3.05) is 0 Å². The van der Waals surface area contributed by atoms with Gasteiger partial charge in [0.05, 0.1) is 15.6 Å². The van der Waals surface area contributed by atoms with E-state index in [0.29, 0.717) is 9.90 Å². The highest BCUT2D eigenvalue weighted by molar-refractivity contribution is 7.14. The second kappa shape index (κ2) is 4.44. The number of hydrogen-bond donors (Lipinski definition) is 0. The lowest BCUT2D eigenvalue weighted by molar-refractivity contribution is -0.144. The van der Waals surface area contributed by atoms with Crippen LogP contribution in [0.5, 0.6) is 0 Å². The minimum Gasteiger partial charge on any atom is -0.223 e. The van der Waals surface area contributed by atoms with Crippen LogP contribution in [-0.4, -0.2) is 9.97 Å². The Bertz CT molecular complexity index is 553. The molecule has 2 rings (SSSR count). The van der Waals surface area contributed by atoms with Crippen molar-refractivity contribution in [3.8, 4) is 10.6 Å². The molecule has 0 N–H and O–H groups in total. The first kappa shape index (κ1) is 12.6. The highest BCUT2D eigenvalue weighted by atomic mass is 35.5. The summed E-state index contributed by atoms with van der Waals surface area (Å²) in [6.45, 7) is 0. The van der Waals surface area contributed by atoms with E-state index in [0.717, 1.165) is 0 Å². The van der Waals surface area contributed by atoms with Crippen molar-refractivity contribution in [3.63, 3.8) is 0 Å². The summed E-state index contributed by atoms with van der Waals surface area (Å²) in [6.07, 6.45) is -4.64. The number of halogens is 5. The Morgan fingerprint density at radius 2 is 1.88 bits per heavy atom. The number of nitrogens with zero attached hydrogens (tertiary/aromatic N) is 2. The van der Waals surface area contributed by atoms with E-state index in [9.17, 15) is 13.2 Å². The largest absolute Gasteiger partial charge is 0.451 e. The Hall–Kier alpha value is -0.850. The van der Waals surface area contributed by atoms with Crippen LogP contribution in [0.3, 0.4) is 0 Å². The number of alkyl halides is 3. The van der Waals surface area contributed by atoms with Crippen molar-refractivity contribution in [1.82, 2.24) is 9.97 Å². The third-order valence-corrected chi connectivity index (χ3v) is 3.36. The van der Waals surface area contributed by atoms with Gasteiger partial charge in [0.2, 0.25) is 5.82 Å². The maximum Gasteiger partial charge on any atom is 0.451 e. The second-order valence-corrected chi connectivity index (χ2v) is 4.71. The van der Waals surface area contributed by atoms with Gasteiger partial charge in [0, 0.05) is 6.07 Å². The Morgan fingerprint density at radius 3 is 2.41 bits per heavy atom. The molecule has 0 amide bonds. The van der Waals surface area contributed by atoms with Gasteiger partial charge in [0.25, 0.3) is 0 Å². The van der Waals surface area contributed by atoms with E-state index in [4.69, 9.17) is 23.2 Å². The van der Waals surface area contributed by atoms with Crippen LogP contribution >= 0.6 is 34.5 Å².